The molecule has 0 aliphatic heterocycles. The van der Waals surface area contributed by atoms with E-state index in [-0.39, 0.29) is 15.7 Å². The predicted octanol–water partition coefficient (Wildman–Crippen LogP) is 3.60. The van der Waals surface area contributed by atoms with Gasteiger partial charge in [0.15, 0.2) is 9.84 Å². The first-order valence-electron chi connectivity index (χ1n) is 7.77. The summed E-state index contributed by atoms with van der Waals surface area (Å²) in [5, 5.41) is 7.71. The third kappa shape index (κ3) is 5.59. The number of rotatable bonds is 7. The highest BCUT2D eigenvalue weighted by atomic mass is 35.5. The molecule has 0 unspecified atom stereocenters. The summed E-state index contributed by atoms with van der Waals surface area (Å²) in [6.07, 6.45) is 0.327. The molecule has 0 bridgehead atoms. The molecule has 7 nitrogen and oxygen atoms in total. The number of hydrogen-bond acceptors (Lipinski definition) is 6. The molecule has 0 atom stereocenters. The number of nitrogens with one attached hydrogen (secondary N) is 1. The summed E-state index contributed by atoms with van der Waals surface area (Å²) in [6, 6.07) is 9.38. The first-order chi connectivity index (χ1) is 12.8. The highest BCUT2D eigenvalue weighted by Crippen LogP contribution is 2.33. The van der Waals surface area contributed by atoms with Gasteiger partial charge in [-0.3, -0.25) is 5.43 Å². The maximum atomic E-state index is 11.9. The van der Waals surface area contributed by atoms with Gasteiger partial charge >= 0.3 is 0 Å². The van der Waals surface area contributed by atoms with Crippen LogP contribution >= 0.6 is 23.2 Å². The lowest BCUT2D eigenvalue weighted by Gasteiger charge is -2.11. The molecule has 144 valence electrons. The first kappa shape index (κ1) is 21.0. The van der Waals surface area contributed by atoms with Gasteiger partial charge in [0.25, 0.3) is 0 Å². The van der Waals surface area contributed by atoms with Crippen molar-refractivity contribution in [1.82, 2.24) is 5.43 Å². The molecule has 0 aromatic heterocycles. The number of hydrazone groups is 2. The monoisotopic (exact) mass is 428 g/mol. The molecule has 27 heavy (non-hydrogen) atoms. The molecular formula is C17H18Cl2N4O3S. The number of halogens is 2. The molecule has 2 aromatic rings. The number of hydrogen-bond donors (Lipinski definition) is 2. The highest BCUT2D eigenvalue weighted by molar-refractivity contribution is 7.91. The fraction of sp³-hybridized carbons (Fsp3) is 0.176. The Kier molecular flexibility index (Phi) is 7.06. The lowest BCUT2D eigenvalue weighted by molar-refractivity contribution is 0.482. The Labute approximate surface area is 167 Å². The average Bonchev–Trinajstić information content (AvgIpc) is 2.62. The number of sulfone groups is 1. The van der Waals surface area contributed by atoms with E-state index in [1.807, 2.05) is 0 Å². The van der Waals surface area contributed by atoms with Gasteiger partial charge in [-0.15, -0.1) is 0 Å². The third-order valence-electron chi connectivity index (χ3n) is 3.54. The molecule has 2 rings (SSSR count). The van der Waals surface area contributed by atoms with Crippen LogP contribution in [0.3, 0.4) is 0 Å². The van der Waals surface area contributed by atoms with E-state index in [1.165, 1.54) is 18.2 Å². The summed E-state index contributed by atoms with van der Waals surface area (Å²) < 4.78 is 29.6. The normalized spacial score (nSPS) is 11.9. The molecule has 0 aliphatic rings. The Morgan fingerprint density at radius 3 is 2.59 bits per heavy atom. The minimum Gasteiger partial charge on any atom is -0.456 e. The molecule has 0 aliphatic carbocycles. The van der Waals surface area contributed by atoms with E-state index in [0.717, 1.165) is 5.56 Å². The standard InChI is InChI=1S/C17H18Cl2N4O3S/c1-3-27(24,25)14-4-5-16(15(19)10-14)26-13-7-11(6-12(18)9-13)8-17(22-20)23-21-2/h4-7,9-10H,2-3,8,20H2,1H3,(H,22,23). The van der Waals surface area contributed by atoms with E-state index in [9.17, 15) is 8.42 Å². The Balaban J connectivity index is 2.28. The molecule has 0 radical (unpaired) electrons. The van der Waals surface area contributed by atoms with Crippen LogP contribution in [0.4, 0.5) is 0 Å². The summed E-state index contributed by atoms with van der Waals surface area (Å²) in [5.74, 6) is 6.40. The van der Waals surface area contributed by atoms with Gasteiger partial charge in [-0.05, 0) is 42.0 Å². The van der Waals surface area contributed by atoms with Gasteiger partial charge in [0, 0.05) is 18.2 Å². The fourth-order valence-electron chi connectivity index (χ4n) is 2.23. The second-order valence-corrected chi connectivity index (χ2v) is 8.54. The van der Waals surface area contributed by atoms with Crippen LogP contribution in [0.2, 0.25) is 10.0 Å². The van der Waals surface area contributed by atoms with Crippen molar-refractivity contribution >= 4 is 45.6 Å². The van der Waals surface area contributed by atoms with Gasteiger partial charge in [0.1, 0.15) is 17.3 Å². The smallest absolute Gasteiger partial charge is 0.178 e. The van der Waals surface area contributed by atoms with Gasteiger partial charge in [-0.2, -0.15) is 10.2 Å². The number of nitrogens with zero attached hydrogens (tertiary/aromatic N) is 2. The molecule has 0 fully saturated rings. The van der Waals surface area contributed by atoms with Crippen LogP contribution in [-0.2, 0) is 16.3 Å². The van der Waals surface area contributed by atoms with Crippen molar-refractivity contribution in [2.75, 3.05) is 5.75 Å². The summed E-state index contributed by atoms with van der Waals surface area (Å²) in [5.41, 5.74) is 3.34. The molecule has 0 saturated heterocycles. The summed E-state index contributed by atoms with van der Waals surface area (Å²) in [7, 11) is -3.35. The molecular weight excluding hydrogens is 411 g/mol. The minimum atomic E-state index is -3.35. The van der Waals surface area contributed by atoms with Gasteiger partial charge in [0.05, 0.1) is 15.7 Å². The lowest BCUT2D eigenvalue weighted by atomic mass is 10.1. The summed E-state index contributed by atoms with van der Waals surface area (Å²) in [4.78, 5) is 0.140. The molecule has 0 saturated carbocycles. The predicted molar refractivity (Wildman–Crippen MR) is 109 cm³/mol. The Hall–Kier alpha value is -2.29. The molecule has 0 amide bonds. The molecule has 10 heteroatoms. The Morgan fingerprint density at radius 2 is 2.00 bits per heavy atom. The van der Waals surface area contributed by atoms with E-state index in [2.05, 4.69) is 22.3 Å². The quantitative estimate of drug-likeness (QED) is 0.303. The van der Waals surface area contributed by atoms with E-state index >= 15 is 0 Å². The molecule has 2 aromatic carbocycles. The highest BCUT2D eigenvalue weighted by Gasteiger charge is 2.15. The van der Waals surface area contributed by atoms with E-state index in [1.54, 1.807) is 25.1 Å². The average molecular weight is 429 g/mol. The van der Waals surface area contributed by atoms with Crippen LogP contribution in [0, 0.1) is 0 Å². The molecule has 0 heterocycles. The molecule has 0 spiro atoms. The maximum absolute atomic E-state index is 11.9. The van der Waals surface area contributed by atoms with E-state index in [4.69, 9.17) is 33.8 Å². The van der Waals surface area contributed by atoms with Crippen molar-refractivity contribution in [3.8, 4) is 11.5 Å². The minimum absolute atomic E-state index is 0.0141. The number of ether oxygens (including phenoxy) is 1. The van der Waals surface area contributed by atoms with Gasteiger partial charge in [-0.1, -0.05) is 30.1 Å². The van der Waals surface area contributed by atoms with Gasteiger partial charge in [0.2, 0.25) is 0 Å². The largest absolute Gasteiger partial charge is 0.456 e. The topological polar surface area (TPSA) is 106 Å². The lowest BCUT2D eigenvalue weighted by Crippen LogP contribution is -2.21. The Morgan fingerprint density at radius 1 is 1.26 bits per heavy atom. The first-order valence-corrected chi connectivity index (χ1v) is 10.2. The molecule has 3 N–H and O–H groups in total. The van der Waals surface area contributed by atoms with Crippen molar-refractivity contribution in [3.63, 3.8) is 0 Å². The van der Waals surface area contributed by atoms with E-state index in [0.29, 0.717) is 28.8 Å². The van der Waals surface area contributed by atoms with Crippen molar-refractivity contribution in [2.45, 2.75) is 18.2 Å². The SMILES string of the molecule is C=NN/C(Cc1cc(Cl)cc(Oc2ccc(S(=O)(=O)CC)cc2Cl)c1)=N\N. The van der Waals surface area contributed by atoms with Crippen LogP contribution in [0.5, 0.6) is 11.5 Å². The second kappa shape index (κ2) is 9.07. The third-order valence-corrected chi connectivity index (χ3v) is 5.78. The van der Waals surface area contributed by atoms with Crippen LogP contribution in [0.15, 0.2) is 51.5 Å². The maximum Gasteiger partial charge on any atom is 0.178 e. The zero-order valence-electron chi connectivity index (χ0n) is 14.4. The van der Waals surface area contributed by atoms with Crippen LogP contribution in [-0.4, -0.2) is 26.7 Å². The number of benzene rings is 2. The van der Waals surface area contributed by atoms with Crippen molar-refractivity contribution < 1.29 is 13.2 Å². The van der Waals surface area contributed by atoms with Crippen molar-refractivity contribution in [1.29, 1.82) is 0 Å². The zero-order valence-corrected chi connectivity index (χ0v) is 16.8. The summed E-state index contributed by atoms with van der Waals surface area (Å²) in [6.45, 7) is 4.88. The zero-order chi connectivity index (χ0) is 20.0. The van der Waals surface area contributed by atoms with Crippen LogP contribution in [0.1, 0.15) is 12.5 Å². The Bertz CT molecular complexity index is 978. The van der Waals surface area contributed by atoms with Gasteiger partial charge < -0.3 is 10.6 Å². The van der Waals surface area contributed by atoms with Crippen molar-refractivity contribution in [3.05, 3.63) is 52.0 Å². The van der Waals surface area contributed by atoms with Crippen molar-refractivity contribution in [2.24, 2.45) is 16.0 Å². The van der Waals surface area contributed by atoms with Crippen LogP contribution < -0.4 is 16.0 Å². The fourth-order valence-corrected chi connectivity index (χ4v) is 3.67. The van der Waals surface area contributed by atoms with Crippen LogP contribution in [0.25, 0.3) is 0 Å². The summed E-state index contributed by atoms with van der Waals surface area (Å²) >= 11 is 12.3. The van der Waals surface area contributed by atoms with Gasteiger partial charge in [-0.25, -0.2) is 8.42 Å². The van der Waals surface area contributed by atoms with E-state index < -0.39 is 9.84 Å². The number of nitrogens with two attached hydrogens (primary N) is 1. The number of amidine groups is 1. The second-order valence-electron chi connectivity index (χ2n) is 5.42.